The molecule has 2 rings (SSSR count). The van der Waals surface area contributed by atoms with Crippen LogP contribution >= 0.6 is 11.8 Å². The molecule has 0 atom stereocenters. The summed E-state index contributed by atoms with van der Waals surface area (Å²) < 4.78 is 0. The quantitative estimate of drug-likeness (QED) is 0.237. The number of imidazole rings is 1. The van der Waals surface area contributed by atoms with E-state index in [0.717, 1.165) is 30.2 Å². The summed E-state index contributed by atoms with van der Waals surface area (Å²) in [7, 11) is 1.64. The second kappa shape index (κ2) is 9.54. The lowest BCUT2D eigenvalue weighted by molar-refractivity contribution is 0.930. The Bertz CT molecular complexity index is 659. The van der Waals surface area contributed by atoms with Crippen molar-refractivity contribution in [3.8, 4) is 6.19 Å². The highest BCUT2D eigenvalue weighted by Gasteiger charge is 2.06. The number of aromatic nitrogens is 2. The second-order valence-electron chi connectivity index (χ2n) is 4.78. The standard InChI is InChI=1S/C16H20N6S/c1-18-16(20-11-17)19-7-8-23-10-15-14(21-12-22-15)9-13-5-3-2-4-6-13/h2-6,12H,7-10H2,1H3,(H,21,22)(H2,18,19,20). The highest BCUT2D eigenvalue weighted by atomic mass is 32.2. The first-order valence-electron chi connectivity index (χ1n) is 7.32. The molecule has 0 radical (unpaired) electrons. The van der Waals surface area contributed by atoms with E-state index in [1.165, 1.54) is 11.3 Å². The van der Waals surface area contributed by atoms with Crippen molar-refractivity contribution in [2.45, 2.75) is 12.2 Å². The van der Waals surface area contributed by atoms with Gasteiger partial charge >= 0.3 is 0 Å². The molecule has 0 aliphatic carbocycles. The van der Waals surface area contributed by atoms with Gasteiger partial charge in [0.2, 0.25) is 5.96 Å². The van der Waals surface area contributed by atoms with Crippen molar-refractivity contribution < 1.29 is 0 Å². The lowest BCUT2D eigenvalue weighted by Crippen LogP contribution is -2.35. The molecule has 0 saturated carbocycles. The zero-order valence-corrected chi connectivity index (χ0v) is 13.9. The summed E-state index contributed by atoms with van der Waals surface area (Å²) in [4.78, 5) is 11.6. The van der Waals surface area contributed by atoms with Crippen LogP contribution in [-0.2, 0) is 12.2 Å². The normalized spacial score (nSPS) is 11.0. The number of aliphatic imine (C=N–C) groups is 1. The van der Waals surface area contributed by atoms with Gasteiger partial charge in [-0.2, -0.15) is 17.0 Å². The number of thioether (sulfide) groups is 1. The third-order valence-corrected chi connectivity index (χ3v) is 4.19. The van der Waals surface area contributed by atoms with E-state index in [1.807, 2.05) is 24.4 Å². The number of hydrogen-bond acceptors (Lipinski definition) is 4. The molecule has 7 heteroatoms. The second-order valence-corrected chi connectivity index (χ2v) is 5.88. The van der Waals surface area contributed by atoms with E-state index < -0.39 is 0 Å². The third-order valence-electron chi connectivity index (χ3n) is 3.21. The van der Waals surface area contributed by atoms with Crippen molar-refractivity contribution >= 4 is 17.7 Å². The molecule has 0 amide bonds. The Morgan fingerprint density at radius 1 is 1.39 bits per heavy atom. The number of guanidine groups is 1. The minimum atomic E-state index is 0.499. The van der Waals surface area contributed by atoms with E-state index in [4.69, 9.17) is 5.26 Å². The van der Waals surface area contributed by atoms with Crippen LogP contribution in [0.5, 0.6) is 0 Å². The molecule has 0 aliphatic heterocycles. The molecule has 0 unspecified atom stereocenters. The van der Waals surface area contributed by atoms with Gasteiger partial charge in [0.1, 0.15) is 0 Å². The summed E-state index contributed by atoms with van der Waals surface area (Å²) in [6, 6.07) is 10.3. The van der Waals surface area contributed by atoms with Gasteiger partial charge in [-0.25, -0.2) is 4.98 Å². The first-order valence-corrected chi connectivity index (χ1v) is 8.47. The van der Waals surface area contributed by atoms with Crippen LogP contribution < -0.4 is 10.6 Å². The Morgan fingerprint density at radius 2 is 2.22 bits per heavy atom. The summed E-state index contributed by atoms with van der Waals surface area (Å²) >= 11 is 1.81. The summed E-state index contributed by atoms with van der Waals surface area (Å²) in [5.74, 6) is 2.30. The first kappa shape index (κ1) is 16.9. The summed E-state index contributed by atoms with van der Waals surface area (Å²) in [5, 5.41) is 14.1. The number of nitrogens with one attached hydrogen (secondary N) is 3. The molecule has 2 aromatic rings. The average Bonchev–Trinajstić information content (AvgIpc) is 3.01. The van der Waals surface area contributed by atoms with Crippen molar-refractivity contribution in [3.05, 3.63) is 53.6 Å². The monoisotopic (exact) mass is 328 g/mol. The Balaban J connectivity index is 1.75. The number of hydrogen-bond donors (Lipinski definition) is 3. The van der Waals surface area contributed by atoms with Crippen molar-refractivity contribution in [2.24, 2.45) is 4.99 Å². The maximum Gasteiger partial charge on any atom is 0.204 e. The molecule has 0 aliphatic rings. The lowest BCUT2D eigenvalue weighted by atomic mass is 10.1. The number of aromatic amines is 1. The van der Waals surface area contributed by atoms with Crippen molar-refractivity contribution in [3.63, 3.8) is 0 Å². The predicted octanol–water partition coefficient (Wildman–Crippen LogP) is 1.88. The zero-order valence-electron chi connectivity index (χ0n) is 13.0. The van der Waals surface area contributed by atoms with Gasteiger partial charge in [-0.3, -0.25) is 10.3 Å². The van der Waals surface area contributed by atoms with E-state index in [0.29, 0.717) is 5.96 Å². The molecule has 1 aromatic heterocycles. The number of benzene rings is 1. The molecular formula is C16H20N6S. The van der Waals surface area contributed by atoms with Gasteiger partial charge in [-0.05, 0) is 5.56 Å². The Kier molecular flexibility index (Phi) is 7.01. The van der Waals surface area contributed by atoms with Crippen LogP contribution in [0, 0.1) is 11.5 Å². The predicted molar refractivity (Wildman–Crippen MR) is 94.1 cm³/mol. The Labute approximate surface area is 140 Å². The first-order chi connectivity index (χ1) is 11.3. The summed E-state index contributed by atoms with van der Waals surface area (Å²) in [6.45, 7) is 0.744. The molecule has 0 spiro atoms. The number of nitrogens with zero attached hydrogens (tertiary/aromatic N) is 3. The Morgan fingerprint density at radius 3 is 2.96 bits per heavy atom. The SMILES string of the molecule is C/N=C(\NC#N)NCCSCc1[nH]cnc1Cc1ccccc1. The Hall–Kier alpha value is -2.46. The van der Waals surface area contributed by atoms with Crippen LogP contribution in [0.1, 0.15) is 17.0 Å². The van der Waals surface area contributed by atoms with E-state index in [2.05, 4.69) is 37.7 Å². The molecule has 6 nitrogen and oxygen atoms in total. The fourth-order valence-electron chi connectivity index (χ4n) is 2.06. The fraction of sp³-hybridized carbons (Fsp3) is 0.312. The largest absolute Gasteiger partial charge is 0.355 e. The average molecular weight is 328 g/mol. The van der Waals surface area contributed by atoms with Crippen molar-refractivity contribution in [1.82, 2.24) is 20.6 Å². The van der Waals surface area contributed by atoms with Crippen LogP contribution in [0.3, 0.4) is 0 Å². The van der Waals surface area contributed by atoms with Crippen molar-refractivity contribution in [1.29, 1.82) is 5.26 Å². The van der Waals surface area contributed by atoms with Gasteiger partial charge < -0.3 is 10.3 Å². The maximum atomic E-state index is 8.55. The summed E-state index contributed by atoms with van der Waals surface area (Å²) in [5.41, 5.74) is 3.52. The number of H-pyrrole nitrogens is 1. The van der Waals surface area contributed by atoms with Crippen LogP contribution in [0.4, 0.5) is 0 Å². The molecule has 120 valence electrons. The fourth-order valence-corrected chi connectivity index (χ4v) is 2.91. The molecule has 0 saturated heterocycles. The lowest BCUT2D eigenvalue weighted by Gasteiger charge is -2.07. The number of nitriles is 1. The van der Waals surface area contributed by atoms with E-state index >= 15 is 0 Å². The topological polar surface area (TPSA) is 88.9 Å². The van der Waals surface area contributed by atoms with Crippen LogP contribution in [0.2, 0.25) is 0 Å². The minimum Gasteiger partial charge on any atom is -0.355 e. The zero-order chi connectivity index (χ0) is 16.3. The highest BCUT2D eigenvalue weighted by Crippen LogP contribution is 2.16. The molecule has 1 heterocycles. The van der Waals surface area contributed by atoms with Crippen molar-refractivity contribution in [2.75, 3.05) is 19.3 Å². The van der Waals surface area contributed by atoms with Gasteiger partial charge in [0.05, 0.1) is 12.0 Å². The third kappa shape index (κ3) is 5.68. The smallest absolute Gasteiger partial charge is 0.204 e. The minimum absolute atomic E-state index is 0.499. The van der Waals surface area contributed by atoms with Gasteiger partial charge in [-0.15, -0.1) is 0 Å². The van der Waals surface area contributed by atoms with Gasteiger partial charge in [-0.1, -0.05) is 30.3 Å². The van der Waals surface area contributed by atoms with Gasteiger partial charge in [0.25, 0.3) is 0 Å². The maximum absolute atomic E-state index is 8.55. The van der Waals surface area contributed by atoms with Crippen LogP contribution in [0.25, 0.3) is 0 Å². The van der Waals surface area contributed by atoms with Crippen LogP contribution in [0.15, 0.2) is 41.7 Å². The van der Waals surface area contributed by atoms with Gasteiger partial charge in [0.15, 0.2) is 6.19 Å². The summed E-state index contributed by atoms with van der Waals surface area (Å²) in [6.07, 6.45) is 4.45. The molecule has 3 N–H and O–H groups in total. The molecule has 1 aromatic carbocycles. The van der Waals surface area contributed by atoms with E-state index in [1.54, 1.807) is 25.1 Å². The number of rotatable bonds is 7. The molecule has 0 bridgehead atoms. The molecule has 23 heavy (non-hydrogen) atoms. The molecule has 0 fully saturated rings. The molecular weight excluding hydrogens is 308 g/mol. The van der Waals surface area contributed by atoms with Crippen LogP contribution in [-0.4, -0.2) is 35.3 Å². The van der Waals surface area contributed by atoms with Gasteiger partial charge in [0, 0.05) is 37.2 Å². The van der Waals surface area contributed by atoms with E-state index in [-0.39, 0.29) is 0 Å². The van der Waals surface area contributed by atoms with E-state index in [9.17, 15) is 0 Å². The highest BCUT2D eigenvalue weighted by molar-refractivity contribution is 7.98.